The van der Waals surface area contributed by atoms with Crippen molar-refractivity contribution < 1.29 is 9.53 Å². The maximum atomic E-state index is 11.5. The lowest BCUT2D eigenvalue weighted by atomic mass is 10.2. The molecule has 2 N–H and O–H groups in total. The van der Waals surface area contributed by atoms with Crippen molar-refractivity contribution in [3.8, 4) is 0 Å². The van der Waals surface area contributed by atoms with Crippen LogP contribution < -0.4 is 10.6 Å². The third-order valence-corrected chi connectivity index (χ3v) is 2.62. The zero-order chi connectivity index (χ0) is 9.80. The second-order valence-electron chi connectivity index (χ2n) is 3.81. The van der Waals surface area contributed by atoms with Gasteiger partial charge in [0, 0.05) is 26.2 Å². The fourth-order valence-electron chi connectivity index (χ4n) is 1.63. The van der Waals surface area contributed by atoms with E-state index in [-0.39, 0.29) is 5.91 Å². The molecule has 2 saturated heterocycles. The molecule has 5 heteroatoms. The van der Waals surface area contributed by atoms with Crippen molar-refractivity contribution in [2.45, 2.75) is 6.04 Å². The average Bonchev–Trinajstić information content (AvgIpc) is 2.13. The number of nitrogens with zero attached hydrogens (tertiary/aromatic N) is 1. The number of nitrogens with one attached hydrogen (secondary N) is 2. The molecule has 0 aromatic carbocycles. The summed E-state index contributed by atoms with van der Waals surface area (Å²) >= 11 is 0. The summed E-state index contributed by atoms with van der Waals surface area (Å²) in [6, 6.07) is 0.351. The predicted molar refractivity (Wildman–Crippen MR) is 52.1 cm³/mol. The zero-order valence-corrected chi connectivity index (χ0v) is 8.29. The van der Waals surface area contributed by atoms with Crippen LogP contribution in [0.3, 0.4) is 0 Å². The lowest BCUT2D eigenvalue weighted by molar-refractivity contribution is -0.124. The van der Waals surface area contributed by atoms with Crippen molar-refractivity contribution in [1.82, 2.24) is 15.5 Å². The van der Waals surface area contributed by atoms with E-state index in [1.807, 2.05) is 0 Å². The molecule has 80 valence electrons. The highest BCUT2D eigenvalue weighted by atomic mass is 16.5. The van der Waals surface area contributed by atoms with E-state index in [0.717, 1.165) is 39.4 Å². The van der Waals surface area contributed by atoms with Crippen LogP contribution in [-0.4, -0.2) is 62.8 Å². The molecule has 2 fully saturated rings. The van der Waals surface area contributed by atoms with Crippen molar-refractivity contribution >= 4 is 5.91 Å². The summed E-state index contributed by atoms with van der Waals surface area (Å²) in [5.41, 5.74) is 0. The van der Waals surface area contributed by atoms with Gasteiger partial charge in [0.05, 0.1) is 25.8 Å². The third kappa shape index (κ3) is 2.67. The fraction of sp³-hybridized carbons (Fsp3) is 0.889. The quantitative estimate of drug-likeness (QED) is 0.575. The van der Waals surface area contributed by atoms with Crippen molar-refractivity contribution in [2.75, 3.05) is 45.9 Å². The number of carbonyl (C=O) groups is 1. The number of carbonyl (C=O) groups excluding carboxylic acids is 1. The average molecular weight is 199 g/mol. The van der Waals surface area contributed by atoms with Crippen LogP contribution in [-0.2, 0) is 9.53 Å². The minimum absolute atomic E-state index is 0.137. The summed E-state index contributed by atoms with van der Waals surface area (Å²) in [6.07, 6.45) is 0. The van der Waals surface area contributed by atoms with E-state index < -0.39 is 0 Å². The number of morpholine rings is 1. The number of ether oxygens (including phenoxy) is 1. The van der Waals surface area contributed by atoms with Gasteiger partial charge < -0.3 is 15.4 Å². The van der Waals surface area contributed by atoms with Crippen molar-refractivity contribution in [1.29, 1.82) is 0 Å². The Balaban J connectivity index is 1.64. The summed E-state index contributed by atoms with van der Waals surface area (Å²) in [5.74, 6) is 0.137. The van der Waals surface area contributed by atoms with Gasteiger partial charge in [0.25, 0.3) is 0 Å². The van der Waals surface area contributed by atoms with E-state index in [4.69, 9.17) is 4.74 Å². The van der Waals surface area contributed by atoms with E-state index >= 15 is 0 Å². The van der Waals surface area contributed by atoms with Gasteiger partial charge in [-0.05, 0) is 0 Å². The molecule has 5 nitrogen and oxygen atoms in total. The Morgan fingerprint density at radius 1 is 1.43 bits per heavy atom. The van der Waals surface area contributed by atoms with Crippen molar-refractivity contribution in [3.05, 3.63) is 0 Å². The molecule has 0 unspecified atom stereocenters. The van der Waals surface area contributed by atoms with Gasteiger partial charge in [-0.2, -0.15) is 0 Å². The Labute approximate surface area is 83.8 Å². The first kappa shape index (κ1) is 9.89. The van der Waals surface area contributed by atoms with Crippen molar-refractivity contribution in [3.63, 3.8) is 0 Å². The predicted octanol–water partition coefficient (Wildman–Crippen LogP) is -1.59. The summed E-state index contributed by atoms with van der Waals surface area (Å²) < 4.78 is 5.21. The van der Waals surface area contributed by atoms with E-state index in [0.29, 0.717) is 12.6 Å². The lowest BCUT2D eigenvalue weighted by Gasteiger charge is -2.30. The third-order valence-electron chi connectivity index (χ3n) is 2.62. The van der Waals surface area contributed by atoms with Crippen LogP contribution in [0.5, 0.6) is 0 Å². The minimum Gasteiger partial charge on any atom is -0.379 e. The molecule has 1 amide bonds. The molecule has 2 rings (SSSR count). The molecule has 0 aliphatic carbocycles. The molecule has 0 aromatic rings. The molecule has 0 radical (unpaired) electrons. The van der Waals surface area contributed by atoms with Gasteiger partial charge in [-0.25, -0.2) is 0 Å². The molecule has 0 atom stereocenters. The molecule has 0 saturated carbocycles. The maximum Gasteiger partial charge on any atom is 0.234 e. The first-order valence-corrected chi connectivity index (χ1v) is 5.15. The second-order valence-corrected chi connectivity index (χ2v) is 3.81. The van der Waals surface area contributed by atoms with Gasteiger partial charge in [0.15, 0.2) is 0 Å². The molecule has 2 heterocycles. The highest BCUT2D eigenvalue weighted by Crippen LogP contribution is 1.96. The topological polar surface area (TPSA) is 53.6 Å². The Morgan fingerprint density at radius 2 is 2.14 bits per heavy atom. The number of hydrogen-bond acceptors (Lipinski definition) is 4. The van der Waals surface area contributed by atoms with Crippen molar-refractivity contribution in [2.24, 2.45) is 0 Å². The normalized spacial score (nSPS) is 24.3. The summed E-state index contributed by atoms with van der Waals surface area (Å²) in [5, 5.41) is 6.10. The Morgan fingerprint density at radius 3 is 2.71 bits per heavy atom. The summed E-state index contributed by atoms with van der Waals surface area (Å²) in [6.45, 7) is 5.58. The number of hydrogen-bond donors (Lipinski definition) is 2. The summed E-state index contributed by atoms with van der Waals surface area (Å²) in [7, 11) is 0. The Bertz CT molecular complexity index is 200. The van der Waals surface area contributed by atoms with Crippen LogP contribution in [0.4, 0.5) is 0 Å². The molecule has 2 aliphatic rings. The van der Waals surface area contributed by atoms with E-state index in [9.17, 15) is 4.79 Å². The summed E-state index contributed by atoms with van der Waals surface area (Å²) in [4.78, 5) is 13.6. The van der Waals surface area contributed by atoms with Crippen LogP contribution in [0.1, 0.15) is 0 Å². The van der Waals surface area contributed by atoms with Crippen LogP contribution in [0, 0.1) is 0 Å². The SMILES string of the molecule is O=C(CN1CCOCC1)NC1CNC1. The molecule has 14 heavy (non-hydrogen) atoms. The van der Waals surface area contributed by atoms with Gasteiger partial charge in [-0.1, -0.05) is 0 Å². The smallest absolute Gasteiger partial charge is 0.234 e. The van der Waals surface area contributed by atoms with E-state index in [2.05, 4.69) is 15.5 Å². The molecule has 0 bridgehead atoms. The van der Waals surface area contributed by atoms with Gasteiger partial charge in [-0.15, -0.1) is 0 Å². The maximum absolute atomic E-state index is 11.5. The van der Waals surface area contributed by atoms with Gasteiger partial charge in [0.2, 0.25) is 5.91 Å². The second kappa shape index (κ2) is 4.72. The Hall–Kier alpha value is -0.650. The largest absolute Gasteiger partial charge is 0.379 e. The first-order valence-electron chi connectivity index (χ1n) is 5.15. The Kier molecular flexibility index (Phi) is 3.34. The van der Waals surface area contributed by atoms with Crippen LogP contribution >= 0.6 is 0 Å². The molecule has 0 spiro atoms. The molecular weight excluding hydrogens is 182 g/mol. The number of rotatable bonds is 3. The van der Waals surface area contributed by atoms with E-state index in [1.165, 1.54) is 0 Å². The molecular formula is C9H17N3O2. The zero-order valence-electron chi connectivity index (χ0n) is 8.29. The van der Waals surface area contributed by atoms with Crippen LogP contribution in [0.15, 0.2) is 0 Å². The van der Waals surface area contributed by atoms with Crippen LogP contribution in [0.25, 0.3) is 0 Å². The minimum atomic E-state index is 0.137. The van der Waals surface area contributed by atoms with Crippen LogP contribution in [0.2, 0.25) is 0 Å². The highest BCUT2D eigenvalue weighted by molar-refractivity contribution is 5.78. The monoisotopic (exact) mass is 199 g/mol. The molecule has 2 aliphatic heterocycles. The highest BCUT2D eigenvalue weighted by Gasteiger charge is 2.20. The number of amides is 1. The first-order chi connectivity index (χ1) is 6.84. The van der Waals surface area contributed by atoms with Gasteiger partial charge >= 0.3 is 0 Å². The standard InChI is InChI=1S/C9H17N3O2/c13-9(11-8-5-10-6-8)7-12-1-3-14-4-2-12/h8,10H,1-7H2,(H,11,13). The fourth-order valence-corrected chi connectivity index (χ4v) is 1.63. The van der Waals surface area contributed by atoms with E-state index in [1.54, 1.807) is 0 Å². The lowest BCUT2D eigenvalue weighted by Crippen LogP contribution is -2.58. The van der Waals surface area contributed by atoms with Gasteiger partial charge in [0.1, 0.15) is 0 Å². The van der Waals surface area contributed by atoms with Gasteiger partial charge in [-0.3, -0.25) is 9.69 Å². The molecule has 0 aromatic heterocycles.